The minimum atomic E-state index is -1.32. The summed E-state index contributed by atoms with van der Waals surface area (Å²) in [5.41, 5.74) is 0.0619. The SMILES string of the molecule is COc1cc2ccc1Oc1ccc(cc1OC)C(=O)NCCOc1ccc(cc1)OC1(CCN(C(=O)C(C)n3cnc4ccccc4c3=O)CC1)C(=O)NC2. The Kier molecular flexibility index (Phi) is 10.6. The number of hydrogen-bond acceptors (Lipinski definition) is 10. The molecule has 7 aliphatic heterocycles. The van der Waals surface area contributed by atoms with Crippen molar-refractivity contribution < 1.29 is 38.1 Å². The molecule has 4 aromatic carbocycles. The molecule has 55 heavy (non-hydrogen) atoms. The monoisotopic (exact) mass is 747 g/mol. The molecule has 14 heteroatoms. The third-order valence-electron chi connectivity index (χ3n) is 9.88. The molecule has 1 fully saturated rings. The number of methoxy groups -OCH3 is 2. The van der Waals surface area contributed by atoms with Gasteiger partial charge in [-0.3, -0.25) is 23.7 Å². The minimum Gasteiger partial charge on any atom is -0.493 e. The number of benzene rings is 4. The summed E-state index contributed by atoms with van der Waals surface area (Å²) in [6.45, 7) is 2.69. The van der Waals surface area contributed by atoms with E-state index in [0.717, 1.165) is 5.56 Å². The molecular weight excluding hydrogens is 706 g/mol. The Morgan fingerprint density at radius 1 is 0.855 bits per heavy atom. The van der Waals surface area contributed by atoms with Crippen LogP contribution in [-0.4, -0.2) is 78.2 Å². The van der Waals surface area contributed by atoms with Crippen molar-refractivity contribution in [2.75, 3.05) is 40.5 Å². The summed E-state index contributed by atoms with van der Waals surface area (Å²) in [4.78, 5) is 60.1. The number of rotatable bonds is 4. The number of ether oxygens (including phenoxy) is 5. The van der Waals surface area contributed by atoms with Gasteiger partial charge < -0.3 is 39.2 Å². The van der Waals surface area contributed by atoms with Crippen molar-refractivity contribution in [1.29, 1.82) is 0 Å². The second-order valence-electron chi connectivity index (χ2n) is 13.3. The predicted molar refractivity (Wildman–Crippen MR) is 202 cm³/mol. The van der Waals surface area contributed by atoms with Crippen LogP contribution in [0.4, 0.5) is 0 Å². The minimum absolute atomic E-state index is 0.151. The molecule has 1 saturated heterocycles. The molecule has 1 atom stereocenters. The van der Waals surface area contributed by atoms with E-state index in [1.165, 1.54) is 25.1 Å². The summed E-state index contributed by atoms with van der Waals surface area (Å²) in [7, 11) is 3.01. The van der Waals surface area contributed by atoms with Crippen LogP contribution in [0.5, 0.6) is 34.5 Å². The maximum absolute atomic E-state index is 14.2. The van der Waals surface area contributed by atoms with E-state index in [4.69, 9.17) is 23.7 Å². The zero-order valence-electron chi connectivity index (χ0n) is 30.7. The maximum Gasteiger partial charge on any atom is 0.264 e. The highest BCUT2D eigenvalue weighted by atomic mass is 16.5. The molecule has 14 nitrogen and oxygen atoms in total. The molecule has 1 spiro atoms. The predicted octanol–water partition coefficient (Wildman–Crippen LogP) is 4.65. The lowest BCUT2D eigenvalue weighted by Crippen LogP contribution is -2.58. The van der Waals surface area contributed by atoms with Crippen molar-refractivity contribution in [2.24, 2.45) is 0 Å². The van der Waals surface area contributed by atoms with E-state index in [9.17, 15) is 19.2 Å². The zero-order chi connectivity index (χ0) is 38.5. The number of amides is 3. The first-order valence-electron chi connectivity index (χ1n) is 17.9. The quantitative estimate of drug-likeness (QED) is 0.265. The number of para-hydroxylation sites is 1. The number of likely N-dealkylation sites (tertiary alicyclic amines) is 1. The highest BCUT2D eigenvalue weighted by molar-refractivity contribution is 5.95. The molecule has 1 aromatic heterocycles. The van der Waals surface area contributed by atoms with E-state index in [2.05, 4.69) is 15.6 Å². The molecule has 3 amide bonds. The Hall–Kier alpha value is -6.57. The number of hydrogen-bond donors (Lipinski definition) is 2. The van der Waals surface area contributed by atoms with Crippen molar-refractivity contribution in [3.8, 4) is 34.5 Å². The van der Waals surface area contributed by atoms with Crippen LogP contribution in [-0.2, 0) is 16.1 Å². The van der Waals surface area contributed by atoms with E-state index in [0.29, 0.717) is 51.0 Å². The molecule has 0 radical (unpaired) electrons. The first kappa shape index (κ1) is 36.8. The lowest BCUT2D eigenvalue weighted by atomic mass is 9.89. The largest absolute Gasteiger partial charge is 0.493 e. The van der Waals surface area contributed by atoms with Gasteiger partial charge in [-0.1, -0.05) is 18.2 Å². The zero-order valence-corrected chi connectivity index (χ0v) is 30.7. The molecule has 7 aliphatic rings. The molecule has 0 saturated carbocycles. The fourth-order valence-corrected chi connectivity index (χ4v) is 6.73. The second kappa shape index (κ2) is 15.8. The van der Waals surface area contributed by atoms with Crippen LogP contribution >= 0.6 is 0 Å². The average Bonchev–Trinajstić information content (AvgIpc) is 3.22. The van der Waals surface area contributed by atoms with Crippen molar-refractivity contribution in [3.63, 3.8) is 0 Å². The third kappa shape index (κ3) is 7.74. The first-order valence-corrected chi connectivity index (χ1v) is 17.9. The third-order valence-corrected chi connectivity index (χ3v) is 9.88. The molecular formula is C41H41N5O9. The van der Waals surface area contributed by atoms with E-state index >= 15 is 0 Å². The molecule has 5 aromatic rings. The van der Waals surface area contributed by atoms with Crippen molar-refractivity contribution in [1.82, 2.24) is 25.1 Å². The van der Waals surface area contributed by atoms with E-state index in [1.54, 1.807) is 96.8 Å². The molecule has 1 unspecified atom stereocenters. The summed E-state index contributed by atoms with van der Waals surface area (Å²) in [6, 6.07) is 23.3. The summed E-state index contributed by atoms with van der Waals surface area (Å²) in [5.74, 6) is 1.63. The topological polar surface area (TPSA) is 160 Å². The summed E-state index contributed by atoms with van der Waals surface area (Å²) < 4.78 is 31.0. The van der Waals surface area contributed by atoms with Crippen LogP contribution in [0.1, 0.15) is 41.7 Å². The number of fused-ring (bicyclic) bond motifs is 1. The molecule has 284 valence electrons. The van der Waals surface area contributed by atoms with E-state index in [1.807, 2.05) is 0 Å². The van der Waals surface area contributed by atoms with Crippen molar-refractivity contribution >= 4 is 28.6 Å². The van der Waals surface area contributed by atoms with Gasteiger partial charge in [-0.2, -0.15) is 0 Å². The lowest BCUT2D eigenvalue weighted by Gasteiger charge is -2.41. The van der Waals surface area contributed by atoms with Crippen LogP contribution < -0.4 is 39.9 Å². The Labute approximate surface area is 316 Å². The van der Waals surface area contributed by atoms with Gasteiger partial charge in [0.2, 0.25) is 5.91 Å². The maximum atomic E-state index is 14.2. The molecule has 0 aliphatic carbocycles. The van der Waals surface area contributed by atoms with Gasteiger partial charge in [-0.15, -0.1) is 0 Å². The Morgan fingerprint density at radius 2 is 1.55 bits per heavy atom. The number of nitrogens with zero attached hydrogens (tertiary/aromatic N) is 3. The fourth-order valence-electron chi connectivity index (χ4n) is 6.73. The summed E-state index contributed by atoms with van der Waals surface area (Å²) >= 11 is 0. The fraction of sp³-hybridized carbons (Fsp3) is 0.293. The van der Waals surface area contributed by atoms with Crippen LogP contribution in [0.2, 0.25) is 0 Å². The van der Waals surface area contributed by atoms with Gasteiger partial charge in [-0.25, -0.2) is 4.98 Å². The van der Waals surface area contributed by atoms with Gasteiger partial charge in [0.25, 0.3) is 17.4 Å². The highest BCUT2D eigenvalue weighted by Crippen LogP contribution is 2.38. The van der Waals surface area contributed by atoms with Crippen LogP contribution in [0.25, 0.3) is 10.9 Å². The van der Waals surface area contributed by atoms with Gasteiger partial charge in [0.05, 0.1) is 38.0 Å². The standard InChI is InChI=1S/C41H41N5O9/c1-26(46-25-44-32-7-5-4-6-31(32)39(46)49)38(48)45-19-16-41(17-20-45)40(50)43-24-27-8-14-33(35(22-27)51-2)54-34-15-9-28(23-36(34)52-3)37(47)42-18-21-53-29-10-12-30(55-41)13-11-29/h4-15,22-23,25-26H,16-21,24H2,1-3H3,(H,42,47)(H,43,50). The van der Waals surface area contributed by atoms with Crippen molar-refractivity contribution in [2.45, 2.75) is 38.0 Å². The summed E-state index contributed by atoms with van der Waals surface area (Å²) in [5, 5.41) is 6.32. The molecule has 12 rings (SSSR count). The first-order chi connectivity index (χ1) is 26.7. The van der Waals surface area contributed by atoms with Gasteiger partial charge in [0.1, 0.15) is 24.1 Å². The number of aromatic nitrogens is 2. The molecule has 8 heterocycles. The number of carbonyl (C=O) groups excluding carboxylic acids is 3. The Morgan fingerprint density at radius 3 is 2.29 bits per heavy atom. The van der Waals surface area contributed by atoms with Gasteiger partial charge in [-0.05, 0) is 79.2 Å². The van der Waals surface area contributed by atoms with E-state index in [-0.39, 0.29) is 68.9 Å². The lowest BCUT2D eigenvalue weighted by molar-refractivity contribution is -0.147. The highest BCUT2D eigenvalue weighted by Gasteiger charge is 2.45. The molecule has 6 bridgehead atoms. The summed E-state index contributed by atoms with van der Waals surface area (Å²) in [6.07, 6.45) is 1.78. The van der Waals surface area contributed by atoms with Gasteiger partial charge in [0, 0.05) is 38.0 Å². The Balaban J connectivity index is 1.13. The second-order valence-corrected chi connectivity index (χ2v) is 13.3. The average molecular weight is 748 g/mol. The van der Waals surface area contributed by atoms with Crippen molar-refractivity contribution in [3.05, 3.63) is 113 Å². The number of carbonyl (C=O) groups is 3. The van der Waals surface area contributed by atoms with Crippen LogP contribution in [0, 0.1) is 0 Å². The Bertz CT molecular complexity index is 2280. The van der Waals surface area contributed by atoms with Crippen LogP contribution in [0.3, 0.4) is 0 Å². The smallest absolute Gasteiger partial charge is 0.264 e. The number of nitrogens with one attached hydrogen (secondary N) is 2. The normalized spacial score (nSPS) is 16.4. The van der Waals surface area contributed by atoms with Crippen LogP contribution in [0.15, 0.2) is 96.1 Å². The van der Waals surface area contributed by atoms with E-state index < -0.39 is 11.6 Å². The van der Waals surface area contributed by atoms with Gasteiger partial charge in [0.15, 0.2) is 28.6 Å². The number of piperidine rings is 1. The van der Waals surface area contributed by atoms with Gasteiger partial charge >= 0.3 is 0 Å². The molecule has 2 N–H and O–H groups in total.